The summed E-state index contributed by atoms with van der Waals surface area (Å²) in [5, 5.41) is 11.8. The van der Waals surface area contributed by atoms with Gasteiger partial charge in [0.25, 0.3) is 0 Å². The third kappa shape index (κ3) is 5.13. The topological polar surface area (TPSA) is 72.9 Å². The minimum atomic E-state index is -0.649. The van der Waals surface area contributed by atoms with Crippen LogP contribution in [0.5, 0.6) is 5.75 Å². The van der Waals surface area contributed by atoms with Gasteiger partial charge in [-0.05, 0) is 50.8 Å². The van der Waals surface area contributed by atoms with Gasteiger partial charge in [-0.3, -0.25) is 4.84 Å². The summed E-state index contributed by atoms with van der Waals surface area (Å²) in [4.78, 5) is 6.50. The molecule has 0 saturated carbocycles. The summed E-state index contributed by atoms with van der Waals surface area (Å²) >= 11 is 0. The molecule has 7 nitrogen and oxygen atoms in total. The molecule has 7 heteroatoms. The van der Waals surface area contributed by atoms with Crippen LogP contribution < -0.4 is 4.74 Å². The molecule has 3 heterocycles. The Morgan fingerprint density at radius 2 is 1.78 bits per heavy atom. The Balaban J connectivity index is 1.38. The highest BCUT2D eigenvalue weighted by Crippen LogP contribution is 2.51. The first kappa shape index (κ1) is 23.9. The molecule has 3 saturated heterocycles. The number of benzene rings is 1. The lowest BCUT2D eigenvalue weighted by Gasteiger charge is -2.58. The number of hydroxylamine groups is 2. The molecule has 4 rings (SSSR count). The van der Waals surface area contributed by atoms with Gasteiger partial charge in [0, 0.05) is 18.4 Å². The van der Waals surface area contributed by atoms with Gasteiger partial charge in [0.1, 0.15) is 24.6 Å². The molecule has 0 amide bonds. The summed E-state index contributed by atoms with van der Waals surface area (Å²) in [6.07, 6.45) is 4.16. The van der Waals surface area contributed by atoms with E-state index in [-0.39, 0.29) is 29.9 Å². The Labute approximate surface area is 191 Å². The van der Waals surface area contributed by atoms with Crippen LogP contribution in [0.15, 0.2) is 24.3 Å². The van der Waals surface area contributed by atoms with Crippen molar-refractivity contribution in [3.63, 3.8) is 0 Å². The quantitative estimate of drug-likeness (QED) is 0.548. The smallest absolute Gasteiger partial charge is 0.172 e. The van der Waals surface area contributed by atoms with Crippen molar-refractivity contribution >= 4 is 0 Å². The highest BCUT2D eigenvalue weighted by molar-refractivity contribution is 5.27. The standard InChI is InChI=1S/C25H39NO6/c1-5-24(6-2)18-25(30-16-21(13-27)32-25)17-23(3,4)26(24)31-12-11-19-7-9-20(10-8-19)28-14-22-15-29-22/h7-10,21-22,27H,5-6,11-18H2,1-4H3. The van der Waals surface area contributed by atoms with Gasteiger partial charge >= 0.3 is 0 Å². The first-order chi connectivity index (χ1) is 15.3. The molecule has 3 aliphatic rings. The molecule has 0 aromatic heterocycles. The Morgan fingerprint density at radius 1 is 1.06 bits per heavy atom. The van der Waals surface area contributed by atoms with Crippen LogP contribution in [0.25, 0.3) is 0 Å². The predicted octanol–water partition coefficient (Wildman–Crippen LogP) is 3.48. The van der Waals surface area contributed by atoms with E-state index in [0.717, 1.165) is 38.0 Å². The van der Waals surface area contributed by atoms with E-state index < -0.39 is 5.79 Å². The average Bonchev–Trinajstić information content (AvgIpc) is 3.54. The number of hydrogen-bond acceptors (Lipinski definition) is 7. The maximum Gasteiger partial charge on any atom is 0.172 e. The molecule has 3 fully saturated rings. The first-order valence-electron chi connectivity index (χ1n) is 12.0. The van der Waals surface area contributed by atoms with E-state index in [4.69, 9.17) is 23.8 Å². The van der Waals surface area contributed by atoms with Crippen molar-refractivity contribution in [1.29, 1.82) is 0 Å². The highest BCUT2D eigenvalue weighted by atomic mass is 16.8. The van der Waals surface area contributed by atoms with Crippen LogP contribution in [0.3, 0.4) is 0 Å². The normalized spacial score (nSPS) is 31.2. The van der Waals surface area contributed by atoms with Crippen LogP contribution in [0.1, 0.15) is 58.9 Å². The molecular weight excluding hydrogens is 410 g/mol. The molecule has 1 aromatic rings. The molecule has 1 N–H and O–H groups in total. The molecule has 1 aromatic carbocycles. The van der Waals surface area contributed by atoms with E-state index in [1.54, 1.807) is 0 Å². The molecule has 180 valence electrons. The van der Waals surface area contributed by atoms with Crippen molar-refractivity contribution in [1.82, 2.24) is 5.06 Å². The zero-order valence-electron chi connectivity index (χ0n) is 20.0. The van der Waals surface area contributed by atoms with Crippen molar-refractivity contribution in [2.75, 3.05) is 33.0 Å². The second-order valence-corrected chi connectivity index (χ2v) is 10.0. The zero-order chi connectivity index (χ0) is 22.8. The molecule has 0 aliphatic carbocycles. The van der Waals surface area contributed by atoms with Gasteiger partial charge in [0.15, 0.2) is 5.79 Å². The van der Waals surface area contributed by atoms with Gasteiger partial charge in [-0.15, -0.1) is 0 Å². The summed E-state index contributed by atoms with van der Waals surface area (Å²) in [6.45, 7) is 11.3. The summed E-state index contributed by atoms with van der Waals surface area (Å²) in [5.41, 5.74) is 0.768. The van der Waals surface area contributed by atoms with E-state index in [2.05, 4.69) is 44.9 Å². The van der Waals surface area contributed by atoms with Crippen LogP contribution in [-0.2, 0) is 25.5 Å². The average molecular weight is 450 g/mol. The van der Waals surface area contributed by atoms with Crippen molar-refractivity contribution < 1.29 is 28.9 Å². The van der Waals surface area contributed by atoms with E-state index >= 15 is 0 Å². The molecule has 3 aliphatic heterocycles. The monoisotopic (exact) mass is 449 g/mol. The number of hydrogen-bond donors (Lipinski definition) is 1. The third-order valence-corrected chi connectivity index (χ3v) is 7.09. The maximum atomic E-state index is 9.55. The molecular formula is C25H39NO6. The number of ether oxygens (including phenoxy) is 4. The van der Waals surface area contributed by atoms with E-state index in [9.17, 15) is 5.11 Å². The summed E-state index contributed by atoms with van der Waals surface area (Å²) in [5.74, 6) is 0.228. The highest BCUT2D eigenvalue weighted by Gasteiger charge is 2.59. The lowest BCUT2D eigenvalue weighted by atomic mass is 9.73. The second kappa shape index (κ2) is 9.57. The SMILES string of the molecule is CCC1(CC)CC2(CC(C)(C)N1OCCc1ccc(OCC3CO3)cc1)OCC(CO)O2. The van der Waals surface area contributed by atoms with Gasteiger partial charge in [0.2, 0.25) is 0 Å². The lowest BCUT2D eigenvalue weighted by Crippen LogP contribution is -2.67. The molecule has 1 spiro atoms. The number of epoxide rings is 1. The predicted molar refractivity (Wildman–Crippen MR) is 120 cm³/mol. The van der Waals surface area contributed by atoms with E-state index in [1.165, 1.54) is 5.56 Å². The molecule has 0 bridgehead atoms. The van der Waals surface area contributed by atoms with Gasteiger partial charge in [-0.2, -0.15) is 5.06 Å². The lowest BCUT2D eigenvalue weighted by molar-refractivity contribution is -0.346. The zero-order valence-corrected chi connectivity index (χ0v) is 20.0. The van der Waals surface area contributed by atoms with Gasteiger partial charge in [-0.1, -0.05) is 26.0 Å². The molecule has 3 unspecified atom stereocenters. The number of aliphatic hydroxyl groups excluding tert-OH is 1. The number of piperidine rings is 1. The van der Waals surface area contributed by atoms with Gasteiger partial charge < -0.3 is 24.1 Å². The molecule has 3 atom stereocenters. The minimum Gasteiger partial charge on any atom is -0.491 e. The fraction of sp³-hybridized carbons (Fsp3) is 0.760. The largest absolute Gasteiger partial charge is 0.491 e. The minimum absolute atomic E-state index is 0.00810. The van der Waals surface area contributed by atoms with Crippen LogP contribution in [0, 0.1) is 0 Å². The third-order valence-electron chi connectivity index (χ3n) is 7.09. The fourth-order valence-electron chi connectivity index (χ4n) is 5.36. The van der Waals surface area contributed by atoms with Gasteiger partial charge in [0.05, 0.1) is 32.0 Å². The van der Waals surface area contributed by atoms with Crippen molar-refractivity contribution in [2.45, 2.75) is 88.9 Å². The van der Waals surface area contributed by atoms with Crippen LogP contribution in [0.4, 0.5) is 0 Å². The van der Waals surface area contributed by atoms with Crippen molar-refractivity contribution in [3.05, 3.63) is 29.8 Å². The Morgan fingerprint density at radius 3 is 2.38 bits per heavy atom. The Kier molecular flexibility index (Phi) is 7.15. The fourth-order valence-corrected chi connectivity index (χ4v) is 5.36. The number of aliphatic hydroxyl groups is 1. The molecule has 32 heavy (non-hydrogen) atoms. The number of nitrogens with zero attached hydrogens (tertiary/aromatic N) is 1. The van der Waals surface area contributed by atoms with Crippen LogP contribution >= 0.6 is 0 Å². The van der Waals surface area contributed by atoms with Gasteiger partial charge in [-0.25, -0.2) is 0 Å². The summed E-state index contributed by atoms with van der Waals surface area (Å²) < 4.78 is 23.3. The summed E-state index contributed by atoms with van der Waals surface area (Å²) in [7, 11) is 0. The Hall–Kier alpha value is -1.22. The Bertz CT molecular complexity index is 745. The molecule has 0 radical (unpaired) electrons. The number of rotatable bonds is 10. The summed E-state index contributed by atoms with van der Waals surface area (Å²) in [6, 6.07) is 8.23. The van der Waals surface area contributed by atoms with E-state index in [0.29, 0.717) is 26.2 Å². The second-order valence-electron chi connectivity index (χ2n) is 10.0. The van der Waals surface area contributed by atoms with Crippen LogP contribution in [0.2, 0.25) is 0 Å². The maximum absolute atomic E-state index is 9.55. The first-order valence-corrected chi connectivity index (χ1v) is 12.0. The van der Waals surface area contributed by atoms with Crippen molar-refractivity contribution in [3.8, 4) is 5.75 Å². The van der Waals surface area contributed by atoms with Crippen molar-refractivity contribution in [2.24, 2.45) is 0 Å². The van der Waals surface area contributed by atoms with E-state index in [1.807, 2.05) is 12.1 Å². The van der Waals surface area contributed by atoms with Crippen LogP contribution in [-0.4, -0.2) is 72.3 Å².